The minimum Gasteiger partial charge on any atom is -0.350 e. The maximum absolute atomic E-state index is 11.9. The van der Waals surface area contributed by atoms with Crippen molar-refractivity contribution in [2.75, 3.05) is 37.1 Å². The van der Waals surface area contributed by atoms with Crippen molar-refractivity contribution in [2.45, 2.75) is 40.0 Å². The third kappa shape index (κ3) is 9.94. The molecule has 0 amide bonds. The van der Waals surface area contributed by atoms with Crippen molar-refractivity contribution < 1.29 is 27.9 Å². The monoisotopic (exact) mass is 618 g/mol. The zero-order valence-corrected chi connectivity index (χ0v) is 25.9. The molecule has 0 saturated carbocycles. The molecule has 0 heterocycles. The Hall–Kier alpha value is -3.24. The molecule has 2 N–H and O–H groups in total. The highest BCUT2D eigenvalue weighted by molar-refractivity contribution is 7.46. The maximum Gasteiger partial charge on any atom is 0.299 e. The summed E-state index contributed by atoms with van der Waals surface area (Å²) in [5.74, 6) is 0. The first kappa shape index (κ1) is 33.3. The van der Waals surface area contributed by atoms with Gasteiger partial charge in [-0.1, -0.05) is 24.3 Å². The van der Waals surface area contributed by atoms with Crippen molar-refractivity contribution in [3.05, 3.63) is 92.0 Å². The SMILES string of the molecule is CCOP(Cc1ccc(Nc2cc(Nc3ccc(CP(OCC)OCC)cc3)c([N+](=O)[O-])cc2[N+](=O)[O-])cc1)OCC. The number of anilines is 4. The van der Waals surface area contributed by atoms with Gasteiger partial charge < -0.3 is 28.7 Å². The Morgan fingerprint density at radius 1 is 0.595 bits per heavy atom. The quantitative estimate of drug-likeness (QED) is 0.0805. The molecule has 0 unspecified atom stereocenters. The van der Waals surface area contributed by atoms with Gasteiger partial charge in [0.15, 0.2) is 16.8 Å². The molecule has 0 aliphatic heterocycles. The van der Waals surface area contributed by atoms with E-state index in [-0.39, 0.29) is 11.4 Å². The van der Waals surface area contributed by atoms with Crippen molar-refractivity contribution >= 4 is 50.9 Å². The third-order valence-electron chi connectivity index (χ3n) is 5.69. The van der Waals surface area contributed by atoms with Gasteiger partial charge in [-0.25, -0.2) is 0 Å². The molecule has 42 heavy (non-hydrogen) atoms. The van der Waals surface area contributed by atoms with Crippen molar-refractivity contribution in [2.24, 2.45) is 0 Å². The van der Waals surface area contributed by atoms with Crippen molar-refractivity contribution in [3.8, 4) is 0 Å². The molecule has 0 fully saturated rings. The topological polar surface area (TPSA) is 147 Å². The average molecular weight is 619 g/mol. The normalized spacial score (nSPS) is 11.2. The number of rotatable bonds is 18. The average Bonchev–Trinajstić information content (AvgIpc) is 2.95. The van der Waals surface area contributed by atoms with Crippen molar-refractivity contribution in [1.29, 1.82) is 0 Å². The summed E-state index contributed by atoms with van der Waals surface area (Å²) in [6.45, 7) is 9.88. The van der Waals surface area contributed by atoms with Gasteiger partial charge in [0.25, 0.3) is 11.4 Å². The van der Waals surface area contributed by atoms with Crippen LogP contribution in [-0.2, 0) is 30.4 Å². The van der Waals surface area contributed by atoms with Gasteiger partial charge in [0.2, 0.25) is 0 Å². The highest BCUT2D eigenvalue weighted by Crippen LogP contribution is 2.44. The van der Waals surface area contributed by atoms with Crippen molar-refractivity contribution in [1.82, 2.24) is 0 Å². The van der Waals surface area contributed by atoms with E-state index in [1.807, 2.05) is 52.0 Å². The molecule has 226 valence electrons. The molecule has 0 aliphatic carbocycles. The largest absolute Gasteiger partial charge is 0.350 e. The van der Waals surface area contributed by atoms with Gasteiger partial charge in [-0.05, 0) is 69.2 Å². The van der Waals surface area contributed by atoms with E-state index in [1.165, 1.54) is 6.07 Å². The minimum absolute atomic E-state index is 0.113. The van der Waals surface area contributed by atoms with Gasteiger partial charge in [0.1, 0.15) is 11.4 Å². The summed E-state index contributed by atoms with van der Waals surface area (Å²) >= 11 is 0. The Morgan fingerprint density at radius 3 is 1.21 bits per heavy atom. The second-order valence-electron chi connectivity index (χ2n) is 8.70. The first-order chi connectivity index (χ1) is 20.3. The van der Waals surface area contributed by atoms with Crippen LogP contribution in [0.3, 0.4) is 0 Å². The van der Waals surface area contributed by atoms with E-state index in [2.05, 4.69) is 10.6 Å². The maximum atomic E-state index is 11.9. The number of nitro groups is 2. The molecule has 3 aromatic rings. The first-order valence-corrected chi connectivity index (χ1v) is 16.3. The first-order valence-electron chi connectivity index (χ1n) is 13.5. The van der Waals surface area contributed by atoms with Gasteiger partial charge in [0.05, 0.1) is 42.3 Å². The van der Waals surface area contributed by atoms with Crippen LogP contribution in [0, 0.1) is 20.2 Å². The fourth-order valence-electron chi connectivity index (χ4n) is 3.91. The molecule has 0 aromatic heterocycles. The van der Waals surface area contributed by atoms with Crippen LogP contribution in [0.15, 0.2) is 60.7 Å². The summed E-state index contributed by atoms with van der Waals surface area (Å²) in [6, 6.07) is 17.0. The van der Waals surface area contributed by atoms with Gasteiger partial charge >= 0.3 is 0 Å². The summed E-state index contributed by atoms with van der Waals surface area (Å²) in [4.78, 5) is 22.4. The number of hydrogen-bond acceptors (Lipinski definition) is 10. The number of nitro benzene ring substituents is 2. The van der Waals surface area contributed by atoms with E-state index in [9.17, 15) is 20.2 Å². The van der Waals surface area contributed by atoms with Gasteiger partial charge in [0, 0.05) is 23.7 Å². The van der Waals surface area contributed by atoms with E-state index < -0.39 is 38.0 Å². The van der Waals surface area contributed by atoms with Crippen LogP contribution in [0.5, 0.6) is 0 Å². The molecular formula is C28H36N4O8P2. The lowest BCUT2D eigenvalue weighted by Gasteiger charge is -2.16. The zero-order chi connectivity index (χ0) is 30.5. The lowest BCUT2D eigenvalue weighted by atomic mass is 10.1. The van der Waals surface area contributed by atoms with E-state index in [1.54, 1.807) is 24.3 Å². The molecule has 0 bridgehead atoms. The van der Waals surface area contributed by atoms with Crippen molar-refractivity contribution in [3.63, 3.8) is 0 Å². The Kier molecular flexibility index (Phi) is 13.5. The summed E-state index contributed by atoms with van der Waals surface area (Å²) in [7, 11) is -2.10. The van der Waals surface area contributed by atoms with Crippen LogP contribution in [-0.4, -0.2) is 36.3 Å². The van der Waals surface area contributed by atoms with Crippen LogP contribution in [0.4, 0.5) is 34.1 Å². The van der Waals surface area contributed by atoms with Crippen LogP contribution >= 0.6 is 16.8 Å². The van der Waals surface area contributed by atoms with Gasteiger partial charge in [-0.15, -0.1) is 0 Å². The molecule has 3 rings (SSSR count). The summed E-state index contributed by atoms with van der Waals surface area (Å²) in [5, 5.41) is 29.8. The van der Waals surface area contributed by atoms with Gasteiger partial charge in [-0.2, -0.15) is 0 Å². The molecular weight excluding hydrogens is 582 g/mol. The van der Waals surface area contributed by atoms with E-state index in [0.29, 0.717) is 50.1 Å². The number of nitrogens with zero attached hydrogens (tertiary/aromatic N) is 2. The summed E-state index contributed by atoms with van der Waals surface area (Å²) in [6.07, 6.45) is 1.22. The number of hydrogen-bond donors (Lipinski definition) is 2. The lowest BCUT2D eigenvalue weighted by molar-refractivity contribution is -0.393. The standard InChI is InChI=1S/C28H36N4O8P2/c1-5-37-41(38-6-2)19-21-9-13-23(14-10-21)29-25-17-26(28(32(35)36)18-27(25)31(33)34)30-24-15-11-22(12-16-24)20-42(39-7-3)40-8-4/h9-18,29-30H,5-8,19-20H2,1-4H3. The Labute approximate surface area is 247 Å². The molecule has 0 aliphatic rings. The zero-order valence-electron chi connectivity index (χ0n) is 24.1. The van der Waals surface area contributed by atoms with Crippen LogP contribution < -0.4 is 10.6 Å². The van der Waals surface area contributed by atoms with E-state index in [4.69, 9.17) is 18.1 Å². The molecule has 3 aromatic carbocycles. The Morgan fingerprint density at radius 2 is 0.929 bits per heavy atom. The molecule has 14 heteroatoms. The predicted molar refractivity (Wildman–Crippen MR) is 167 cm³/mol. The smallest absolute Gasteiger partial charge is 0.299 e. The second-order valence-corrected chi connectivity index (χ2v) is 11.7. The molecule has 0 radical (unpaired) electrons. The lowest BCUT2D eigenvalue weighted by Crippen LogP contribution is -2.03. The van der Waals surface area contributed by atoms with Crippen LogP contribution in [0.1, 0.15) is 38.8 Å². The fourth-order valence-corrected chi connectivity index (χ4v) is 6.59. The predicted octanol–water partition coefficient (Wildman–Crippen LogP) is 8.76. The molecule has 12 nitrogen and oxygen atoms in total. The second kappa shape index (κ2) is 17.0. The van der Waals surface area contributed by atoms with E-state index >= 15 is 0 Å². The van der Waals surface area contributed by atoms with Crippen LogP contribution in [0.25, 0.3) is 0 Å². The summed E-state index contributed by atoms with van der Waals surface area (Å²) in [5.41, 5.74) is 2.56. The third-order valence-corrected chi connectivity index (χ3v) is 9.12. The molecule has 0 saturated heterocycles. The van der Waals surface area contributed by atoms with Crippen LogP contribution in [0.2, 0.25) is 0 Å². The summed E-state index contributed by atoms with van der Waals surface area (Å²) < 4.78 is 22.7. The highest BCUT2D eigenvalue weighted by atomic mass is 31.2. The van der Waals surface area contributed by atoms with Gasteiger partial charge in [-0.3, -0.25) is 20.2 Å². The Balaban J connectivity index is 1.83. The minimum atomic E-state index is -1.05. The number of nitrogens with one attached hydrogen (secondary N) is 2. The molecule has 0 spiro atoms. The number of benzene rings is 3. The molecule has 0 atom stereocenters. The fraction of sp³-hybridized carbons (Fsp3) is 0.357. The Bertz CT molecular complexity index is 1200. The van der Waals surface area contributed by atoms with E-state index in [0.717, 1.165) is 17.2 Å². The highest BCUT2D eigenvalue weighted by Gasteiger charge is 2.25.